The molecule has 116 valence electrons. The minimum atomic E-state index is -1.49. The Bertz CT molecular complexity index is 595. The molecule has 0 aliphatic rings. The molecule has 1 aromatic carbocycles. The number of nitrogens with zero attached hydrogens (tertiary/aromatic N) is 1. The maximum absolute atomic E-state index is 10.1. The van der Waals surface area contributed by atoms with Gasteiger partial charge in [-0.2, -0.15) is 0 Å². The first kappa shape index (κ1) is 16.5. The Morgan fingerprint density at radius 3 is 2.38 bits per heavy atom. The van der Waals surface area contributed by atoms with E-state index in [1.165, 1.54) is 6.07 Å². The van der Waals surface area contributed by atoms with Crippen molar-refractivity contribution >= 4 is 34.2 Å². The molecule has 0 radical (unpaired) electrons. The largest absolute Gasteiger partial charge is 0.396 e. The van der Waals surface area contributed by atoms with Gasteiger partial charge in [-0.1, -0.05) is 30.1 Å². The highest BCUT2D eigenvalue weighted by Crippen LogP contribution is 2.28. The summed E-state index contributed by atoms with van der Waals surface area (Å²) in [6, 6.07) is 3.09. The zero-order chi connectivity index (χ0) is 15.7. The van der Waals surface area contributed by atoms with Gasteiger partial charge in [0.15, 0.2) is 0 Å². The molecule has 21 heavy (non-hydrogen) atoms. The van der Waals surface area contributed by atoms with Gasteiger partial charge in [0.2, 0.25) is 0 Å². The van der Waals surface area contributed by atoms with Crippen LogP contribution in [0.1, 0.15) is 18.9 Å². The number of halogens is 2. The van der Waals surface area contributed by atoms with Crippen molar-refractivity contribution in [2.75, 3.05) is 6.61 Å². The van der Waals surface area contributed by atoms with E-state index in [-0.39, 0.29) is 12.4 Å². The summed E-state index contributed by atoms with van der Waals surface area (Å²) in [6.45, 7) is 1.25. The van der Waals surface area contributed by atoms with E-state index >= 15 is 0 Å². The van der Waals surface area contributed by atoms with E-state index in [9.17, 15) is 15.3 Å². The van der Waals surface area contributed by atoms with Crippen LogP contribution in [0.3, 0.4) is 0 Å². The number of nitrogens with one attached hydrogen (secondary N) is 1. The number of rotatable bonds is 5. The number of aromatic nitrogens is 2. The molecule has 2 aromatic rings. The molecule has 0 aliphatic heterocycles. The molecular formula is C13H16Cl2N2O4. The van der Waals surface area contributed by atoms with Crippen LogP contribution in [0.5, 0.6) is 0 Å². The number of hydrogen-bond donors (Lipinski definition) is 5. The first-order chi connectivity index (χ1) is 9.85. The van der Waals surface area contributed by atoms with Crippen molar-refractivity contribution in [3.05, 3.63) is 28.0 Å². The molecule has 0 fully saturated rings. The molecule has 0 aliphatic carbocycles. The van der Waals surface area contributed by atoms with E-state index in [0.29, 0.717) is 21.1 Å². The van der Waals surface area contributed by atoms with Crippen molar-refractivity contribution in [2.24, 2.45) is 5.92 Å². The Labute approximate surface area is 131 Å². The molecular weight excluding hydrogens is 319 g/mol. The second-order valence-electron chi connectivity index (χ2n) is 4.99. The summed E-state index contributed by atoms with van der Waals surface area (Å²) in [5.74, 6) is -0.497. The van der Waals surface area contributed by atoms with Crippen LogP contribution in [0.15, 0.2) is 12.1 Å². The maximum Gasteiger partial charge on any atom is 0.140 e. The van der Waals surface area contributed by atoms with E-state index in [0.717, 1.165) is 0 Å². The summed E-state index contributed by atoms with van der Waals surface area (Å²) in [5.41, 5.74) is 1.03. The summed E-state index contributed by atoms with van der Waals surface area (Å²) in [7, 11) is 0. The predicted molar refractivity (Wildman–Crippen MR) is 79.3 cm³/mol. The van der Waals surface area contributed by atoms with E-state index in [1.54, 1.807) is 13.0 Å². The molecule has 3 unspecified atom stereocenters. The SMILES string of the molecule is CC(CO)C(O)C(O)[C@@H](O)c1nc2cc(Cl)c(Cl)cc2[nH]1. The van der Waals surface area contributed by atoms with Gasteiger partial charge in [-0.3, -0.25) is 0 Å². The van der Waals surface area contributed by atoms with Crippen LogP contribution in [0.25, 0.3) is 11.0 Å². The third-order valence-corrected chi connectivity index (χ3v) is 4.09. The van der Waals surface area contributed by atoms with E-state index < -0.39 is 24.2 Å². The third kappa shape index (κ3) is 3.31. The highest BCUT2D eigenvalue weighted by Gasteiger charge is 2.31. The molecule has 8 heteroatoms. The van der Waals surface area contributed by atoms with Gasteiger partial charge in [0.25, 0.3) is 0 Å². The highest BCUT2D eigenvalue weighted by molar-refractivity contribution is 6.42. The van der Waals surface area contributed by atoms with E-state index in [1.807, 2.05) is 0 Å². The lowest BCUT2D eigenvalue weighted by molar-refractivity contribution is -0.0887. The molecule has 0 amide bonds. The fourth-order valence-electron chi connectivity index (χ4n) is 1.96. The fraction of sp³-hybridized carbons (Fsp3) is 0.462. The van der Waals surface area contributed by atoms with Crippen molar-refractivity contribution in [2.45, 2.75) is 25.2 Å². The van der Waals surface area contributed by atoms with Crippen molar-refractivity contribution in [3.63, 3.8) is 0 Å². The van der Waals surface area contributed by atoms with E-state index in [4.69, 9.17) is 28.3 Å². The second-order valence-corrected chi connectivity index (χ2v) is 5.81. The minimum Gasteiger partial charge on any atom is -0.396 e. The molecule has 1 aromatic heterocycles. The Kier molecular flexibility index (Phi) is 5.08. The number of aliphatic hydroxyl groups excluding tert-OH is 4. The molecule has 5 N–H and O–H groups in total. The van der Waals surface area contributed by atoms with Crippen molar-refractivity contribution in [1.29, 1.82) is 0 Å². The van der Waals surface area contributed by atoms with Gasteiger partial charge in [0.1, 0.15) is 18.0 Å². The average molecular weight is 335 g/mol. The Hall–Kier alpha value is -0.890. The van der Waals surface area contributed by atoms with Crippen LogP contribution in [-0.2, 0) is 0 Å². The van der Waals surface area contributed by atoms with Gasteiger partial charge < -0.3 is 25.4 Å². The molecule has 0 bridgehead atoms. The molecule has 1 heterocycles. The lowest BCUT2D eigenvalue weighted by atomic mass is 9.97. The van der Waals surface area contributed by atoms with Crippen molar-refractivity contribution < 1.29 is 20.4 Å². The van der Waals surface area contributed by atoms with Gasteiger partial charge >= 0.3 is 0 Å². The summed E-state index contributed by atoms with van der Waals surface area (Å²) in [5, 5.41) is 39.5. The Morgan fingerprint density at radius 1 is 1.14 bits per heavy atom. The standard InChI is InChI=1S/C13H16Cl2N2O4/c1-5(4-18)10(19)11(20)12(21)13-16-8-2-6(14)7(15)3-9(8)17-13/h2-3,5,10-12,18-21H,4H2,1H3,(H,16,17)/t5?,10?,11?,12-/m1/s1. The van der Waals surface area contributed by atoms with Crippen LogP contribution < -0.4 is 0 Å². The Balaban J connectivity index is 2.28. The number of hydrogen-bond acceptors (Lipinski definition) is 5. The fourth-order valence-corrected chi connectivity index (χ4v) is 2.28. The zero-order valence-electron chi connectivity index (χ0n) is 11.2. The quantitative estimate of drug-likeness (QED) is 0.565. The first-order valence-corrected chi connectivity index (χ1v) is 7.10. The van der Waals surface area contributed by atoms with Gasteiger partial charge in [-0.15, -0.1) is 0 Å². The average Bonchev–Trinajstić information content (AvgIpc) is 2.87. The first-order valence-electron chi connectivity index (χ1n) is 6.34. The van der Waals surface area contributed by atoms with E-state index in [2.05, 4.69) is 9.97 Å². The van der Waals surface area contributed by atoms with Crippen LogP contribution in [0.4, 0.5) is 0 Å². The summed E-state index contributed by atoms with van der Waals surface area (Å²) in [4.78, 5) is 6.94. The minimum absolute atomic E-state index is 0.0834. The van der Waals surface area contributed by atoms with Crippen LogP contribution in [0.2, 0.25) is 10.0 Å². The third-order valence-electron chi connectivity index (χ3n) is 3.37. The molecule has 2 rings (SSSR count). The van der Waals surface area contributed by atoms with Crippen molar-refractivity contribution in [3.8, 4) is 0 Å². The monoisotopic (exact) mass is 334 g/mol. The summed E-state index contributed by atoms with van der Waals surface area (Å²) >= 11 is 11.8. The Morgan fingerprint density at radius 2 is 1.76 bits per heavy atom. The number of aromatic amines is 1. The van der Waals surface area contributed by atoms with Crippen molar-refractivity contribution in [1.82, 2.24) is 9.97 Å². The van der Waals surface area contributed by atoms with Gasteiger partial charge in [0.05, 0.1) is 27.2 Å². The van der Waals surface area contributed by atoms with Crippen LogP contribution in [0, 0.1) is 5.92 Å². The molecule has 0 spiro atoms. The van der Waals surface area contributed by atoms with Crippen LogP contribution in [-0.4, -0.2) is 49.2 Å². The highest BCUT2D eigenvalue weighted by atomic mass is 35.5. The molecule has 4 atom stereocenters. The molecule has 0 saturated heterocycles. The predicted octanol–water partition coefficient (Wildman–Crippen LogP) is 1.25. The molecule has 6 nitrogen and oxygen atoms in total. The second kappa shape index (κ2) is 6.48. The molecule has 0 saturated carbocycles. The van der Waals surface area contributed by atoms with Gasteiger partial charge in [-0.05, 0) is 12.1 Å². The number of imidazole rings is 1. The number of H-pyrrole nitrogens is 1. The number of benzene rings is 1. The topological polar surface area (TPSA) is 110 Å². The maximum atomic E-state index is 10.1. The van der Waals surface area contributed by atoms with Crippen LogP contribution >= 0.6 is 23.2 Å². The number of fused-ring (bicyclic) bond motifs is 1. The normalized spacial score (nSPS) is 17.7. The zero-order valence-corrected chi connectivity index (χ0v) is 12.7. The lowest BCUT2D eigenvalue weighted by Gasteiger charge is -2.25. The van der Waals surface area contributed by atoms with Gasteiger partial charge in [-0.25, -0.2) is 4.98 Å². The van der Waals surface area contributed by atoms with Gasteiger partial charge in [0, 0.05) is 12.5 Å². The summed E-state index contributed by atoms with van der Waals surface area (Å²) in [6.07, 6.45) is -4.21. The smallest absolute Gasteiger partial charge is 0.140 e. The number of aliphatic hydroxyl groups is 4. The lowest BCUT2D eigenvalue weighted by Crippen LogP contribution is -2.38. The summed E-state index contributed by atoms with van der Waals surface area (Å²) < 4.78 is 0.